The first-order chi connectivity index (χ1) is 13.0. The van der Waals surface area contributed by atoms with Gasteiger partial charge in [0.1, 0.15) is 15.8 Å². The Hall–Kier alpha value is -2.71. The number of aliphatic carboxylic acids is 1. The first kappa shape index (κ1) is 19.1. The minimum Gasteiger partial charge on any atom is -0.481 e. The largest absolute Gasteiger partial charge is 0.481 e. The van der Waals surface area contributed by atoms with E-state index in [-0.39, 0.29) is 12.3 Å². The van der Waals surface area contributed by atoms with Crippen LogP contribution in [0, 0.1) is 0 Å². The van der Waals surface area contributed by atoms with Gasteiger partial charge >= 0.3 is 5.97 Å². The van der Waals surface area contributed by atoms with E-state index in [1.165, 1.54) is 16.7 Å². The lowest BCUT2D eigenvalue weighted by atomic mass is 10.2. The fourth-order valence-corrected chi connectivity index (χ4v) is 3.67. The number of benzene rings is 1. The van der Waals surface area contributed by atoms with E-state index >= 15 is 0 Å². The Kier molecular flexibility index (Phi) is 6.20. The highest BCUT2D eigenvalue weighted by molar-refractivity contribution is 8.26. The van der Waals surface area contributed by atoms with Crippen molar-refractivity contribution in [3.05, 3.63) is 59.3 Å². The summed E-state index contributed by atoms with van der Waals surface area (Å²) in [6, 6.07) is 12.9. The maximum atomic E-state index is 12.5. The van der Waals surface area contributed by atoms with E-state index in [4.69, 9.17) is 22.1 Å². The second kappa shape index (κ2) is 8.79. The van der Waals surface area contributed by atoms with Crippen LogP contribution in [0.4, 0.5) is 0 Å². The Morgan fingerprint density at radius 1 is 1.22 bits per heavy atom. The Labute approximate surface area is 165 Å². The zero-order valence-electron chi connectivity index (χ0n) is 14.2. The fourth-order valence-electron chi connectivity index (χ4n) is 2.38. The molecule has 138 valence electrons. The standard InChI is InChI=1S/C19H16N2O4S2/c22-17(23)7-4-10-21-18(24)16(27-19(21)26)11-13-8-9-15(12-20-13)25-14-5-2-1-3-6-14/h1-3,5-6,8-9,11-12H,4,7,10H2,(H,22,23)/b16-11-. The van der Waals surface area contributed by atoms with Gasteiger partial charge in [-0.05, 0) is 36.8 Å². The summed E-state index contributed by atoms with van der Waals surface area (Å²) in [4.78, 5) is 29.3. The van der Waals surface area contributed by atoms with Gasteiger partial charge in [-0.15, -0.1) is 0 Å². The van der Waals surface area contributed by atoms with E-state index in [0.717, 1.165) is 0 Å². The van der Waals surface area contributed by atoms with Crippen LogP contribution in [0.2, 0.25) is 0 Å². The summed E-state index contributed by atoms with van der Waals surface area (Å²) in [7, 11) is 0. The van der Waals surface area contributed by atoms with Gasteiger partial charge in [-0.1, -0.05) is 42.2 Å². The van der Waals surface area contributed by atoms with Crippen molar-refractivity contribution in [1.82, 2.24) is 9.88 Å². The molecule has 8 heteroatoms. The number of thiocarbonyl (C=S) groups is 1. The molecule has 0 radical (unpaired) electrons. The average molecular weight is 400 g/mol. The average Bonchev–Trinajstić information content (AvgIpc) is 2.91. The van der Waals surface area contributed by atoms with Crippen LogP contribution in [0.5, 0.6) is 11.5 Å². The number of carboxylic acids is 1. The van der Waals surface area contributed by atoms with Crippen LogP contribution in [0.25, 0.3) is 6.08 Å². The number of hydrogen-bond acceptors (Lipinski definition) is 6. The first-order valence-corrected chi connectivity index (χ1v) is 9.41. The van der Waals surface area contributed by atoms with Gasteiger partial charge in [-0.3, -0.25) is 19.5 Å². The van der Waals surface area contributed by atoms with Crippen molar-refractivity contribution in [2.45, 2.75) is 12.8 Å². The van der Waals surface area contributed by atoms with E-state index in [0.29, 0.717) is 39.4 Å². The first-order valence-electron chi connectivity index (χ1n) is 8.19. The predicted molar refractivity (Wildman–Crippen MR) is 108 cm³/mol. The quantitative estimate of drug-likeness (QED) is 0.557. The summed E-state index contributed by atoms with van der Waals surface area (Å²) < 4.78 is 6.12. The van der Waals surface area contributed by atoms with Crippen molar-refractivity contribution >= 4 is 46.3 Å². The van der Waals surface area contributed by atoms with Gasteiger partial charge in [-0.2, -0.15) is 0 Å². The Bertz CT molecular complexity index is 882. The number of carbonyl (C=O) groups is 2. The van der Waals surface area contributed by atoms with E-state index in [1.54, 1.807) is 24.4 Å². The molecule has 0 saturated carbocycles. The zero-order valence-corrected chi connectivity index (χ0v) is 15.8. The van der Waals surface area contributed by atoms with Crippen LogP contribution in [-0.2, 0) is 9.59 Å². The Morgan fingerprint density at radius 3 is 2.67 bits per heavy atom. The number of ether oxygens (including phenoxy) is 1. The number of para-hydroxylation sites is 1. The number of nitrogens with zero attached hydrogens (tertiary/aromatic N) is 2. The van der Waals surface area contributed by atoms with Gasteiger partial charge in [0.05, 0.1) is 16.8 Å². The minimum atomic E-state index is -0.891. The second-order valence-corrected chi connectivity index (χ2v) is 7.34. The molecule has 0 spiro atoms. The number of rotatable bonds is 7. The van der Waals surface area contributed by atoms with Crippen molar-refractivity contribution in [3.63, 3.8) is 0 Å². The number of pyridine rings is 1. The molecule has 1 aliphatic heterocycles. The highest BCUT2D eigenvalue weighted by Crippen LogP contribution is 2.32. The number of hydrogen-bond donors (Lipinski definition) is 1. The maximum absolute atomic E-state index is 12.5. The van der Waals surface area contributed by atoms with Crippen LogP contribution in [0.3, 0.4) is 0 Å². The molecule has 27 heavy (non-hydrogen) atoms. The third-order valence-electron chi connectivity index (χ3n) is 3.66. The number of aromatic nitrogens is 1. The minimum absolute atomic E-state index is 0.000535. The molecule has 1 amide bonds. The molecular formula is C19H16N2O4S2. The summed E-state index contributed by atoms with van der Waals surface area (Å²) in [6.45, 7) is 0.297. The van der Waals surface area contributed by atoms with Crippen LogP contribution < -0.4 is 4.74 Å². The highest BCUT2D eigenvalue weighted by Gasteiger charge is 2.31. The van der Waals surface area contributed by atoms with Crippen LogP contribution in [-0.4, -0.2) is 37.7 Å². The van der Waals surface area contributed by atoms with Crippen molar-refractivity contribution in [2.75, 3.05) is 6.54 Å². The molecule has 2 aromatic rings. The van der Waals surface area contributed by atoms with Gasteiger partial charge < -0.3 is 9.84 Å². The monoisotopic (exact) mass is 400 g/mol. The number of thioether (sulfide) groups is 1. The maximum Gasteiger partial charge on any atom is 0.303 e. The SMILES string of the molecule is O=C(O)CCCN1C(=O)/C(=C/c2ccc(Oc3ccccc3)cn2)SC1=S. The highest BCUT2D eigenvalue weighted by atomic mass is 32.2. The summed E-state index contributed by atoms with van der Waals surface area (Å²) in [5.74, 6) is 0.202. The van der Waals surface area contributed by atoms with Crippen LogP contribution >= 0.6 is 24.0 Å². The van der Waals surface area contributed by atoms with Crippen molar-refractivity contribution in [1.29, 1.82) is 0 Å². The third-order valence-corrected chi connectivity index (χ3v) is 5.04. The van der Waals surface area contributed by atoms with Gasteiger partial charge in [0, 0.05) is 13.0 Å². The molecule has 0 bridgehead atoms. The van der Waals surface area contributed by atoms with Gasteiger partial charge in [0.2, 0.25) is 0 Å². The Morgan fingerprint density at radius 2 is 2.00 bits per heavy atom. The van der Waals surface area contributed by atoms with Crippen molar-refractivity contribution in [2.24, 2.45) is 0 Å². The molecule has 3 rings (SSSR count). The Balaban J connectivity index is 1.65. The molecule has 1 aromatic carbocycles. The molecule has 0 aliphatic carbocycles. The van der Waals surface area contributed by atoms with E-state index in [1.807, 2.05) is 30.3 Å². The number of carboxylic acid groups (broad SMARTS) is 1. The normalized spacial score (nSPS) is 15.4. The molecule has 1 aliphatic rings. The molecule has 6 nitrogen and oxygen atoms in total. The van der Waals surface area contributed by atoms with Crippen molar-refractivity contribution < 1.29 is 19.4 Å². The van der Waals surface area contributed by atoms with Gasteiger partial charge in [0.15, 0.2) is 0 Å². The molecule has 1 saturated heterocycles. The van der Waals surface area contributed by atoms with E-state index < -0.39 is 5.97 Å². The lowest BCUT2D eigenvalue weighted by molar-refractivity contribution is -0.137. The molecule has 2 heterocycles. The molecule has 1 aromatic heterocycles. The summed E-state index contributed by atoms with van der Waals surface area (Å²) >= 11 is 6.42. The molecular weight excluding hydrogens is 384 g/mol. The number of amides is 1. The molecule has 1 fully saturated rings. The fraction of sp³-hybridized carbons (Fsp3) is 0.158. The molecule has 0 unspecified atom stereocenters. The van der Waals surface area contributed by atoms with E-state index in [9.17, 15) is 9.59 Å². The van der Waals surface area contributed by atoms with Crippen molar-refractivity contribution in [3.8, 4) is 11.5 Å². The van der Waals surface area contributed by atoms with E-state index in [2.05, 4.69) is 4.98 Å². The predicted octanol–water partition coefficient (Wildman–Crippen LogP) is 3.94. The second-order valence-electron chi connectivity index (χ2n) is 5.66. The third kappa shape index (κ3) is 5.15. The summed E-state index contributed by atoms with van der Waals surface area (Å²) in [5, 5.41) is 8.71. The zero-order chi connectivity index (χ0) is 19.2. The number of carbonyl (C=O) groups excluding carboxylic acids is 1. The lowest BCUT2D eigenvalue weighted by Crippen LogP contribution is -2.29. The van der Waals surface area contributed by atoms with Crippen LogP contribution in [0.1, 0.15) is 18.5 Å². The smallest absolute Gasteiger partial charge is 0.303 e. The molecule has 0 atom stereocenters. The summed E-state index contributed by atoms with van der Waals surface area (Å²) in [5.41, 5.74) is 0.612. The van der Waals surface area contributed by atoms with Gasteiger partial charge in [-0.25, -0.2) is 0 Å². The summed E-state index contributed by atoms with van der Waals surface area (Å²) in [6.07, 6.45) is 3.62. The van der Waals surface area contributed by atoms with Gasteiger partial charge in [0.25, 0.3) is 5.91 Å². The lowest BCUT2D eigenvalue weighted by Gasteiger charge is -2.13. The topological polar surface area (TPSA) is 79.7 Å². The molecule has 1 N–H and O–H groups in total. The van der Waals surface area contributed by atoms with Crippen LogP contribution in [0.15, 0.2) is 53.6 Å².